The molecule has 0 radical (unpaired) electrons. The summed E-state index contributed by atoms with van der Waals surface area (Å²) >= 11 is 1.82. The van der Waals surface area contributed by atoms with Crippen molar-refractivity contribution in [2.24, 2.45) is 0 Å². The summed E-state index contributed by atoms with van der Waals surface area (Å²) in [6, 6.07) is 2.21. The van der Waals surface area contributed by atoms with E-state index in [9.17, 15) is 0 Å². The standard InChI is InChI=1S/C11H15NS/c1-4-5-10-8-9(2)13-11(10)6-7-12-3/h4-8,12H,1-3H3/b5-4+,7-6-. The van der Waals surface area contributed by atoms with Gasteiger partial charge in [0.1, 0.15) is 0 Å². The van der Waals surface area contributed by atoms with Crippen molar-refractivity contribution in [1.29, 1.82) is 0 Å². The first-order valence-electron chi connectivity index (χ1n) is 4.35. The molecule has 1 nitrogen and oxygen atoms in total. The number of aryl methyl sites for hydroxylation is 1. The van der Waals surface area contributed by atoms with Gasteiger partial charge in [-0.25, -0.2) is 0 Å². The summed E-state index contributed by atoms with van der Waals surface area (Å²) in [5.41, 5.74) is 1.30. The van der Waals surface area contributed by atoms with Gasteiger partial charge in [-0.15, -0.1) is 11.3 Å². The first-order valence-corrected chi connectivity index (χ1v) is 5.16. The molecule has 0 bridgehead atoms. The number of rotatable bonds is 3. The highest BCUT2D eigenvalue weighted by atomic mass is 32.1. The van der Waals surface area contributed by atoms with Crippen LogP contribution in [0, 0.1) is 6.92 Å². The summed E-state index contributed by atoms with van der Waals surface area (Å²) in [5, 5.41) is 3.00. The summed E-state index contributed by atoms with van der Waals surface area (Å²) in [6.45, 7) is 4.17. The lowest BCUT2D eigenvalue weighted by Gasteiger charge is -1.90. The van der Waals surface area contributed by atoms with Crippen molar-refractivity contribution in [3.63, 3.8) is 0 Å². The lowest BCUT2D eigenvalue weighted by Crippen LogP contribution is -1.90. The normalized spacial score (nSPS) is 11.6. The molecule has 0 saturated carbocycles. The fourth-order valence-electron chi connectivity index (χ4n) is 1.15. The Balaban J connectivity index is 2.97. The van der Waals surface area contributed by atoms with Gasteiger partial charge in [0.15, 0.2) is 0 Å². The van der Waals surface area contributed by atoms with Crippen LogP contribution >= 0.6 is 11.3 Å². The lowest BCUT2D eigenvalue weighted by molar-refractivity contribution is 1.11. The molecule has 1 rings (SSSR count). The molecule has 0 amide bonds. The Kier molecular flexibility index (Phi) is 3.77. The summed E-state index contributed by atoms with van der Waals surface area (Å²) < 4.78 is 0. The third-order valence-electron chi connectivity index (χ3n) is 1.66. The average Bonchev–Trinajstić information content (AvgIpc) is 2.44. The van der Waals surface area contributed by atoms with Crippen LogP contribution in [-0.4, -0.2) is 7.05 Å². The Labute approximate surface area is 83.8 Å². The minimum absolute atomic E-state index is 1.30. The van der Waals surface area contributed by atoms with Gasteiger partial charge in [-0.1, -0.05) is 12.2 Å². The van der Waals surface area contributed by atoms with Gasteiger partial charge in [0, 0.05) is 16.8 Å². The number of allylic oxidation sites excluding steroid dienone is 1. The highest BCUT2D eigenvalue weighted by molar-refractivity contribution is 7.13. The first kappa shape index (κ1) is 10.1. The van der Waals surface area contributed by atoms with Crippen molar-refractivity contribution >= 4 is 23.5 Å². The number of nitrogens with one attached hydrogen (secondary N) is 1. The second-order valence-electron chi connectivity index (χ2n) is 2.80. The minimum Gasteiger partial charge on any atom is -0.394 e. The van der Waals surface area contributed by atoms with Gasteiger partial charge in [-0.3, -0.25) is 0 Å². The summed E-state index contributed by atoms with van der Waals surface area (Å²) in [6.07, 6.45) is 8.27. The number of thiophene rings is 1. The van der Waals surface area contributed by atoms with E-state index in [0.29, 0.717) is 0 Å². The number of hydrogen-bond donors (Lipinski definition) is 1. The average molecular weight is 193 g/mol. The third-order valence-corrected chi connectivity index (χ3v) is 2.69. The van der Waals surface area contributed by atoms with E-state index in [1.165, 1.54) is 15.3 Å². The first-order chi connectivity index (χ1) is 6.27. The van der Waals surface area contributed by atoms with Crippen LogP contribution in [0.1, 0.15) is 22.2 Å². The van der Waals surface area contributed by atoms with Gasteiger partial charge in [0.05, 0.1) is 0 Å². The Hall–Kier alpha value is -1.02. The molecule has 0 saturated heterocycles. The second-order valence-corrected chi connectivity index (χ2v) is 4.09. The van der Waals surface area contributed by atoms with Gasteiger partial charge in [0.25, 0.3) is 0 Å². The van der Waals surface area contributed by atoms with Gasteiger partial charge < -0.3 is 5.32 Å². The molecular weight excluding hydrogens is 178 g/mol. The van der Waals surface area contributed by atoms with E-state index < -0.39 is 0 Å². The zero-order valence-electron chi connectivity index (χ0n) is 8.29. The molecule has 0 unspecified atom stereocenters. The van der Waals surface area contributed by atoms with Crippen molar-refractivity contribution in [3.8, 4) is 0 Å². The molecule has 0 spiro atoms. The molecule has 0 atom stereocenters. The molecule has 1 heterocycles. The highest BCUT2D eigenvalue weighted by Crippen LogP contribution is 2.24. The smallest absolute Gasteiger partial charge is 0.0359 e. The highest BCUT2D eigenvalue weighted by Gasteiger charge is 1.99. The van der Waals surface area contributed by atoms with Crippen LogP contribution in [0.2, 0.25) is 0 Å². The van der Waals surface area contributed by atoms with Crippen molar-refractivity contribution in [3.05, 3.63) is 33.7 Å². The van der Waals surface area contributed by atoms with E-state index in [1.807, 2.05) is 31.5 Å². The van der Waals surface area contributed by atoms with Crippen LogP contribution in [0.25, 0.3) is 12.2 Å². The van der Waals surface area contributed by atoms with Crippen LogP contribution < -0.4 is 5.32 Å². The van der Waals surface area contributed by atoms with Crippen LogP contribution in [0.5, 0.6) is 0 Å². The van der Waals surface area contributed by atoms with Crippen LogP contribution in [-0.2, 0) is 0 Å². The van der Waals surface area contributed by atoms with E-state index >= 15 is 0 Å². The van der Waals surface area contributed by atoms with Crippen LogP contribution in [0.3, 0.4) is 0 Å². The maximum absolute atomic E-state index is 3.00. The van der Waals surface area contributed by atoms with E-state index in [2.05, 4.69) is 36.5 Å². The van der Waals surface area contributed by atoms with Gasteiger partial charge in [0.2, 0.25) is 0 Å². The molecule has 0 aliphatic rings. The fourth-order valence-corrected chi connectivity index (χ4v) is 2.06. The fraction of sp³-hybridized carbons (Fsp3) is 0.273. The number of hydrogen-bond acceptors (Lipinski definition) is 2. The van der Waals surface area contributed by atoms with Gasteiger partial charge >= 0.3 is 0 Å². The van der Waals surface area contributed by atoms with Crippen molar-refractivity contribution in [2.45, 2.75) is 13.8 Å². The molecular formula is C11H15NS. The molecule has 0 aliphatic carbocycles. The third kappa shape index (κ3) is 2.74. The molecule has 1 N–H and O–H groups in total. The summed E-state index contributed by atoms with van der Waals surface area (Å²) in [7, 11) is 1.91. The quantitative estimate of drug-likeness (QED) is 0.776. The van der Waals surface area contributed by atoms with Crippen LogP contribution in [0.4, 0.5) is 0 Å². The van der Waals surface area contributed by atoms with E-state index in [0.717, 1.165) is 0 Å². The van der Waals surface area contributed by atoms with E-state index in [1.54, 1.807) is 0 Å². The topological polar surface area (TPSA) is 12.0 Å². The SMILES string of the molecule is C/C=C/c1cc(C)sc1/C=C\NC. The molecule has 0 aliphatic heterocycles. The minimum atomic E-state index is 1.30. The largest absolute Gasteiger partial charge is 0.394 e. The molecule has 2 heteroatoms. The maximum atomic E-state index is 3.00. The molecule has 0 aromatic carbocycles. The van der Waals surface area contributed by atoms with E-state index in [-0.39, 0.29) is 0 Å². The Morgan fingerprint density at radius 1 is 1.38 bits per heavy atom. The molecule has 70 valence electrons. The summed E-state index contributed by atoms with van der Waals surface area (Å²) in [5.74, 6) is 0. The van der Waals surface area contributed by atoms with E-state index in [4.69, 9.17) is 0 Å². The van der Waals surface area contributed by atoms with Gasteiger partial charge in [-0.05, 0) is 37.8 Å². The maximum Gasteiger partial charge on any atom is 0.0359 e. The Morgan fingerprint density at radius 2 is 2.15 bits per heavy atom. The molecule has 1 aromatic heterocycles. The molecule has 13 heavy (non-hydrogen) atoms. The van der Waals surface area contributed by atoms with Crippen LogP contribution in [0.15, 0.2) is 18.3 Å². The second kappa shape index (κ2) is 4.87. The predicted octanol–water partition coefficient (Wildman–Crippen LogP) is 3.28. The Morgan fingerprint density at radius 3 is 2.77 bits per heavy atom. The van der Waals surface area contributed by atoms with Crippen molar-refractivity contribution in [2.75, 3.05) is 7.05 Å². The lowest BCUT2D eigenvalue weighted by atomic mass is 10.2. The zero-order valence-corrected chi connectivity index (χ0v) is 9.11. The van der Waals surface area contributed by atoms with Crippen molar-refractivity contribution in [1.82, 2.24) is 5.32 Å². The zero-order chi connectivity index (χ0) is 9.68. The van der Waals surface area contributed by atoms with Gasteiger partial charge in [-0.2, -0.15) is 0 Å². The predicted molar refractivity (Wildman–Crippen MR) is 61.9 cm³/mol. The molecule has 0 fully saturated rings. The van der Waals surface area contributed by atoms with Crippen molar-refractivity contribution < 1.29 is 0 Å². The molecule has 1 aromatic rings. The monoisotopic (exact) mass is 193 g/mol. The Bertz CT molecular complexity index is 321. The summed E-state index contributed by atoms with van der Waals surface area (Å²) in [4.78, 5) is 2.66.